The van der Waals surface area contributed by atoms with Crippen LogP contribution >= 0.6 is 0 Å². The van der Waals surface area contributed by atoms with Gasteiger partial charge in [-0.25, -0.2) is 4.63 Å². The average molecular weight is 272 g/mol. The molecule has 7 nitrogen and oxygen atoms in total. The number of Topliss-reactive ketones (excluding diaryl/α,β-unsaturated/α-hetero) is 1. The summed E-state index contributed by atoms with van der Waals surface area (Å²) in [7, 11) is 0. The quantitative estimate of drug-likeness (QED) is 0.440. The van der Waals surface area contributed by atoms with Gasteiger partial charge in [-0.3, -0.25) is 10.2 Å². The second-order valence-electron chi connectivity index (χ2n) is 4.02. The third-order valence-electron chi connectivity index (χ3n) is 2.64. The second-order valence-corrected chi connectivity index (χ2v) is 4.02. The number of aliphatic hydroxyl groups is 1. The fourth-order valence-corrected chi connectivity index (χ4v) is 1.69. The molecule has 0 bridgehead atoms. The minimum atomic E-state index is -0.487. The van der Waals surface area contributed by atoms with Gasteiger partial charge in [0.2, 0.25) is 0 Å². The summed E-state index contributed by atoms with van der Waals surface area (Å²) in [4.78, 5) is 11.7. The van der Waals surface area contributed by atoms with Crippen LogP contribution in [0, 0.1) is 5.41 Å². The number of carbonyl (C=O) groups is 1. The SMILES string of the molecule is CC(=O)/C(C(=N)c1nonc1N)=C(\O)c1ccccc1. The fourth-order valence-electron chi connectivity index (χ4n) is 1.69. The lowest BCUT2D eigenvalue weighted by atomic mass is 9.99. The van der Waals surface area contributed by atoms with Crippen LogP contribution in [0.5, 0.6) is 0 Å². The van der Waals surface area contributed by atoms with Crippen LogP contribution in [0.4, 0.5) is 5.82 Å². The van der Waals surface area contributed by atoms with Crippen LogP contribution in [0.2, 0.25) is 0 Å². The molecule has 2 rings (SSSR count). The lowest BCUT2D eigenvalue weighted by molar-refractivity contribution is -0.113. The van der Waals surface area contributed by atoms with Crippen molar-refractivity contribution in [1.29, 1.82) is 5.41 Å². The predicted octanol–water partition coefficient (Wildman–Crippen LogP) is 1.58. The zero-order valence-electron chi connectivity index (χ0n) is 10.6. The van der Waals surface area contributed by atoms with E-state index in [1.807, 2.05) is 0 Å². The number of ketones is 1. The average Bonchev–Trinajstić information content (AvgIpc) is 2.85. The van der Waals surface area contributed by atoms with Crippen LogP contribution in [-0.2, 0) is 4.79 Å². The van der Waals surface area contributed by atoms with Gasteiger partial charge in [-0.1, -0.05) is 30.3 Å². The van der Waals surface area contributed by atoms with Gasteiger partial charge in [-0.15, -0.1) is 0 Å². The molecule has 0 spiro atoms. The molecule has 102 valence electrons. The maximum Gasteiger partial charge on any atom is 0.198 e. The summed E-state index contributed by atoms with van der Waals surface area (Å²) < 4.78 is 4.40. The first-order valence-electron chi connectivity index (χ1n) is 5.69. The van der Waals surface area contributed by atoms with Crippen molar-refractivity contribution in [2.45, 2.75) is 6.92 Å². The largest absolute Gasteiger partial charge is 0.506 e. The van der Waals surface area contributed by atoms with E-state index in [-0.39, 0.29) is 28.6 Å². The highest BCUT2D eigenvalue weighted by Crippen LogP contribution is 2.21. The minimum Gasteiger partial charge on any atom is -0.506 e. The summed E-state index contributed by atoms with van der Waals surface area (Å²) in [6, 6.07) is 8.43. The van der Waals surface area contributed by atoms with Gasteiger partial charge in [0.1, 0.15) is 11.5 Å². The first-order valence-corrected chi connectivity index (χ1v) is 5.69. The Balaban J connectivity index is 2.55. The maximum absolute atomic E-state index is 11.7. The number of benzene rings is 1. The lowest BCUT2D eigenvalue weighted by Gasteiger charge is -2.08. The van der Waals surface area contributed by atoms with E-state index in [9.17, 15) is 9.90 Å². The van der Waals surface area contributed by atoms with E-state index in [1.54, 1.807) is 30.3 Å². The maximum atomic E-state index is 11.7. The number of anilines is 1. The monoisotopic (exact) mass is 272 g/mol. The fraction of sp³-hybridized carbons (Fsp3) is 0.0769. The smallest absolute Gasteiger partial charge is 0.198 e. The summed E-state index contributed by atoms with van der Waals surface area (Å²) in [6.45, 7) is 1.24. The molecule has 1 heterocycles. The van der Waals surface area contributed by atoms with Crippen molar-refractivity contribution in [2.24, 2.45) is 0 Å². The number of carbonyl (C=O) groups excluding carboxylic acids is 1. The molecule has 0 fully saturated rings. The van der Waals surface area contributed by atoms with Gasteiger partial charge in [0, 0.05) is 5.56 Å². The molecule has 1 aromatic heterocycles. The number of nitrogens with one attached hydrogen (secondary N) is 1. The highest BCUT2D eigenvalue weighted by Gasteiger charge is 2.23. The van der Waals surface area contributed by atoms with Crippen molar-refractivity contribution < 1.29 is 14.5 Å². The Kier molecular flexibility index (Phi) is 3.60. The van der Waals surface area contributed by atoms with E-state index in [0.717, 1.165) is 0 Å². The molecule has 1 aromatic carbocycles. The van der Waals surface area contributed by atoms with Crippen molar-refractivity contribution >= 4 is 23.1 Å². The van der Waals surface area contributed by atoms with Gasteiger partial charge < -0.3 is 10.8 Å². The van der Waals surface area contributed by atoms with Crippen molar-refractivity contribution in [3.05, 3.63) is 47.2 Å². The first kappa shape index (κ1) is 13.5. The topological polar surface area (TPSA) is 126 Å². The zero-order valence-corrected chi connectivity index (χ0v) is 10.6. The predicted molar refractivity (Wildman–Crippen MR) is 72.2 cm³/mol. The van der Waals surface area contributed by atoms with Crippen LogP contribution in [0.3, 0.4) is 0 Å². The zero-order chi connectivity index (χ0) is 14.7. The van der Waals surface area contributed by atoms with Crippen LogP contribution in [0.1, 0.15) is 18.2 Å². The number of nitrogens with two attached hydrogens (primary N) is 1. The van der Waals surface area contributed by atoms with E-state index in [2.05, 4.69) is 14.9 Å². The third-order valence-corrected chi connectivity index (χ3v) is 2.64. The van der Waals surface area contributed by atoms with Gasteiger partial charge in [-0.2, -0.15) is 0 Å². The third kappa shape index (κ3) is 2.41. The molecule has 4 N–H and O–H groups in total. The number of rotatable bonds is 4. The molecule has 0 amide bonds. The number of hydrogen-bond donors (Lipinski definition) is 3. The van der Waals surface area contributed by atoms with E-state index in [1.165, 1.54) is 6.92 Å². The number of aromatic nitrogens is 2. The summed E-state index contributed by atoms with van der Waals surface area (Å²) >= 11 is 0. The van der Waals surface area contributed by atoms with Crippen molar-refractivity contribution in [3.8, 4) is 0 Å². The Morgan fingerprint density at radius 1 is 1.30 bits per heavy atom. The number of hydrogen-bond acceptors (Lipinski definition) is 7. The molecular formula is C13H12N4O3. The van der Waals surface area contributed by atoms with Gasteiger partial charge in [0.25, 0.3) is 0 Å². The highest BCUT2D eigenvalue weighted by atomic mass is 16.6. The normalized spacial score (nSPS) is 11.8. The van der Waals surface area contributed by atoms with Crippen molar-refractivity contribution in [3.63, 3.8) is 0 Å². The first-order chi connectivity index (χ1) is 9.52. The molecule has 0 unspecified atom stereocenters. The summed E-state index contributed by atoms with van der Waals surface area (Å²) in [5.74, 6) is -0.918. The molecule has 0 radical (unpaired) electrons. The Labute approximate surface area is 114 Å². The molecule has 0 aliphatic heterocycles. The highest BCUT2D eigenvalue weighted by molar-refractivity contribution is 6.30. The number of allylic oxidation sites excluding steroid dienone is 1. The lowest BCUT2D eigenvalue weighted by Crippen LogP contribution is -2.15. The molecular weight excluding hydrogens is 260 g/mol. The molecule has 0 aliphatic carbocycles. The summed E-state index contributed by atoms with van der Waals surface area (Å²) in [6.07, 6.45) is 0. The van der Waals surface area contributed by atoms with E-state index in [0.29, 0.717) is 5.56 Å². The van der Waals surface area contributed by atoms with Crippen molar-refractivity contribution in [1.82, 2.24) is 10.3 Å². The van der Waals surface area contributed by atoms with Gasteiger partial charge in [0.05, 0.1) is 5.57 Å². The van der Waals surface area contributed by atoms with Crippen LogP contribution in [-0.4, -0.2) is 26.9 Å². The van der Waals surface area contributed by atoms with Crippen molar-refractivity contribution in [2.75, 3.05) is 5.73 Å². The Morgan fingerprint density at radius 2 is 1.95 bits per heavy atom. The molecule has 0 aliphatic rings. The summed E-state index contributed by atoms with van der Waals surface area (Å²) in [5, 5.41) is 25.0. The van der Waals surface area contributed by atoms with Crippen LogP contribution < -0.4 is 5.73 Å². The Morgan fingerprint density at radius 3 is 2.45 bits per heavy atom. The van der Waals surface area contributed by atoms with E-state index >= 15 is 0 Å². The van der Waals surface area contributed by atoms with Crippen LogP contribution in [0.25, 0.3) is 5.76 Å². The van der Waals surface area contributed by atoms with Gasteiger partial charge >= 0.3 is 0 Å². The molecule has 0 saturated carbocycles. The van der Waals surface area contributed by atoms with E-state index < -0.39 is 5.78 Å². The molecule has 7 heteroatoms. The van der Waals surface area contributed by atoms with E-state index in [4.69, 9.17) is 11.1 Å². The molecule has 0 atom stereocenters. The molecule has 0 saturated heterocycles. The Hall–Kier alpha value is -2.96. The van der Waals surface area contributed by atoms with Gasteiger partial charge in [-0.05, 0) is 17.2 Å². The van der Waals surface area contributed by atoms with Crippen LogP contribution in [0.15, 0.2) is 40.5 Å². The van der Waals surface area contributed by atoms with Gasteiger partial charge in [0.15, 0.2) is 17.3 Å². The number of aliphatic hydroxyl groups excluding tert-OH is 1. The molecule has 20 heavy (non-hydrogen) atoms. The summed E-state index contributed by atoms with van der Waals surface area (Å²) in [5.41, 5.74) is 5.29. The number of nitrogens with zero attached hydrogens (tertiary/aromatic N) is 2. The number of nitrogen functional groups attached to an aromatic ring is 1. The second kappa shape index (κ2) is 5.35. The minimum absolute atomic E-state index is 0.0855. The molecule has 2 aromatic rings. The standard InChI is InChI=1S/C13H12N4O3/c1-7(18)9(10(14)11-13(15)17-20-16-11)12(19)8-5-3-2-4-6-8/h2-6,14,19H,1H3,(H2,15,17)/b12-9+,14-10?. The Bertz CT molecular complexity index is 689.